The lowest BCUT2D eigenvalue weighted by Crippen LogP contribution is -2.28. The van der Waals surface area contributed by atoms with E-state index in [9.17, 15) is 4.79 Å². The molecular weight excluding hydrogens is 338 g/mol. The van der Waals surface area contributed by atoms with Crippen molar-refractivity contribution >= 4 is 23.3 Å². The number of nitrogens with zero attached hydrogens (tertiary/aromatic N) is 1. The third-order valence-corrected chi connectivity index (χ3v) is 3.62. The Morgan fingerprint density at radius 1 is 0.920 bits per heavy atom. The molecule has 0 saturated carbocycles. The number of nitrogens with one attached hydrogen (secondary N) is 2. The fourth-order valence-corrected chi connectivity index (χ4v) is 2.23. The van der Waals surface area contributed by atoms with Crippen molar-refractivity contribution in [2.75, 3.05) is 5.32 Å². The molecule has 2 amide bonds. The van der Waals surface area contributed by atoms with Gasteiger partial charge in [0.05, 0.1) is 0 Å². The molecule has 0 aliphatic rings. The normalized spacial score (nSPS) is 10.1. The maximum Gasteiger partial charge on any atom is 0.319 e. The molecule has 0 atom stereocenters. The number of ether oxygens (including phenoxy) is 1. The highest BCUT2D eigenvalue weighted by molar-refractivity contribution is 6.30. The molecule has 5 nitrogen and oxygen atoms in total. The van der Waals surface area contributed by atoms with Crippen molar-refractivity contribution in [1.82, 2.24) is 10.3 Å². The van der Waals surface area contributed by atoms with Crippen LogP contribution in [0.15, 0.2) is 73.1 Å². The van der Waals surface area contributed by atoms with Crippen LogP contribution in [0.1, 0.15) is 5.56 Å². The lowest BCUT2D eigenvalue weighted by atomic mass is 10.2. The number of halogens is 1. The van der Waals surface area contributed by atoms with Crippen LogP contribution < -0.4 is 15.4 Å². The lowest BCUT2D eigenvalue weighted by molar-refractivity contribution is 0.251. The van der Waals surface area contributed by atoms with Gasteiger partial charge < -0.3 is 15.4 Å². The Kier molecular flexibility index (Phi) is 5.49. The highest BCUT2D eigenvalue weighted by atomic mass is 35.5. The molecule has 0 aliphatic heterocycles. The minimum Gasteiger partial charge on any atom is -0.457 e. The molecule has 0 aliphatic carbocycles. The summed E-state index contributed by atoms with van der Waals surface area (Å²) in [6, 6.07) is 17.7. The van der Waals surface area contributed by atoms with Gasteiger partial charge in [-0.3, -0.25) is 4.98 Å². The Hall–Kier alpha value is -3.05. The average Bonchev–Trinajstić information content (AvgIpc) is 2.64. The first-order valence-electron chi connectivity index (χ1n) is 7.66. The maximum absolute atomic E-state index is 11.9. The molecule has 0 saturated heterocycles. The van der Waals surface area contributed by atoms with E-state index in [0.717, 1.165) is 17.1 Å². The summed E-state index contributed by atoms with van der Waals surface area (Å²) in [5, 5.41) is 6.17. The summed E-state index contributed by atoms with van der Waals surface area (Å²) < 4.78 is 5.70. The Morgan fingerprint density at radius 2 is 1.56 bits per heavy atom. The summed E-state index contributed by atoms with van der Waals surface area (Å²) in [6.45, 7) is 0.412. The fraction of sp³-hybridized carbons (Fsp3) is 0.0526. The van der Waals surface area contributed by atoms with E-state index in [2.05, 4.69) is 15.6 Å². The highest BCUT2D eigenvalue weighted by Crippen LogP contribution is 2.20. The molecule has 0 radical (unpaired) electrons. The van der Waals surface area contributed by atoms with Crippen LogP contribution in [0.5, 0.6) is 11.5 Å². The largest absolute Gasteiger partial charge is 0.457 e. The zero-order valence-corrected chi connectivity index (χ0v) is 14.0. The van der Waals surface area contributed by atoms with Crippen LogP contribution >= 0.6 is 11.6 Å². The molecule has 2 aromatic carbocycles. The van der Waals surface area contributed by atoms with Crippen LogP contribution in [0, 0.1) is 0 Å². The second-order valence-electron chi connectivity index (χ2n) is 5.24. The van der Waals surface area contributed by atoms with Gasteiger partial charge in [-0.15, -0.1) is 0 Å². The summed E-state index contributed by atoms with van der Waals surface area (Å²) in [4.78, 5) is 15.8. The van der Waals surface area contributed by atoms with Crippen LogP contribution in [0.2, 0.25) is 5.02 Å². The molecule has 0 spiro atoms. The standard InChI is InChI=1S/C19H16ClN3O2/c20-15-3-5-16(6-4-15)23-19(24)22-13-14-1-7-17(8-2-14)25-18-9-11-21-12-10-18/h1-12H,13H2,(H2,22,23,24). The van der Waals surface area contributed by atoms with Crippen molar-refractivity contribution in [3.8, 4) is 11.5 Å². The summed E-state index contributed by atoms with van der Waals surface area (Å²) >= 11 is 5.81. The topological polar surface area (TPSA) is 63.2 Å². The molecule has 25 heavy (non-hydrogen) atoms. The number of carbonyl (C=O) groups is 1. The lowest BCUT2D eigenvalue weighted by Gasteiger charge is -2.09. The van der Waals surface area contributed by atoms with Gasteiger partial charge in [0.2, 0.25) is 0 Å². The van der Waals surface area contributed by atoms with Crippen molar-refractivity contribution in [2.24, 2.45) is 0 Å². The smallest absolute Gasteiger partial charge is 0.319 e. The van der Waals surface area contributed by atoms with E-state index in [-0.39, 0.29) is 6.03 Å². The first kappa shape index (κ1) is 16.8. The number of benzene rings is 2. The quantitative estimate of drug-likeness (QED) is 0.689. The Morgan fingerprint density at radius 3 is 2.24 bits per heavy atom. The molecule has 126 valence electrons. The molecule has 1 aromatic heterocycles. The van der Waals surface area contributed by atoms with Crippen LogP contribution in [0.4, 0.5) is 10.5 Å². The number of anilines is 1. The summed E-state index contributed by atoms with van der Waals surface area (Å²) in [5.41, 5.74) is 1.65. The fourth-order valence-electron chi connectivity index (χ4n) is 2.11. The van der Waals surface area contributed by atoms with E-state index >= 15 is 0 Å². The van der Waals surface area contributed by atoms with Crippen molar-refractivity contribution in [1.29, 1.82) is 0 Å². The van der Waals surface area contributed by atoms with Gasteiger partial charge in [0.1, 0.15) is 11.5 Å². The van der Waals surface area contributed by atoms with Crippen molar-refractivity contribution < 1.29 is 9.53 Å². The number of carbonyl (C=O) groups excluding carboxylic acids is 1. The SMILES string of the molecule is O=C(NCc1ccc(Oc2ccncc2)cc1)Nc1ccc(Cl)cc1. The van der Waals surface area contributed by atoms with E-state index in [1.807, 2.05) is 24.3 Å². The number of urea groups is 1. The summed E-state index contributed by atoms with van der Waals surface area (Å²) in [5.74, 6) is 1.45. The molecule has 2 N–H and O–H groups in total. The van der Waals surface area contributed by atoms with E-state index in [1.165, 1.54) is 0 Å². The average molecular weight is 354 g/mol. The Bertz CT molecular complexity index is 822. The summed E-state index contributed by atoms with van der Waals surface area (Å²) in [6.07, 6.45) is 3.35. The molecule has 0 bridgehead atoms. The molecule has 0 unspecified atom stereocenters. The van der Waals surface area contributed by atoms with E-state index in [1.54, 1.807) is 48.8 Å². The van der Waals surface area contributed by atoms with Crippen molar-refractivity contribution in [2.45, 2.75) is 6.54 Å². The predicted octanol–water partition coefficient (Wildman–Crippen LogP) is 4.85. The zero-order chi connectivity index (χ0) is 17.5. The van der Waals surface area contributed by atoms with Crippen LogP contribution in [0.3, 0.4) is 0 Å². The van der Waals surface area contributed by atoms with Crippen molar-refractivity contribution in [3.63, 3.8) is 0 Å². The van der Waals surface area contributed by atoms with E-state index in [4.69, 9.17) is 16.3 Å². The third kappa shape index (κ3) is 5.22. The molecule has 3 aromatic rings. The molecular formula is C19H16ClN3O2. The molecule has 1 heterocycles. The van der Waals surface area contributed by atoms with Gasteiger partial charge in [0.15, 0.2) is 0 Å². The first-order valence-corrected chi connectivity index (χ1v) is 8.04. The molecule has 6 heteroatoms. The number of hydrogen-bond acceptors (Lipinski definition) is 3. The van der Waals surface area contributed by atoms with E-state index in [0.29, 0.717) is 17.3 Å². The predicted molar refractivity (Wildman–Crippen MR) is 98.1 cm³/mol. The van der Waals surface area contributed by atoms with E-state index < -0.39 is 0 Å². The Labute approximate surface area is 150 Å². The van der Waals surface area contributed by atoms with Gasteiger partial charge in [-0.25, -0.2) is 4.79 Å². The zero-order valence-electron chi connectivity index (χ0n) is 13.3. The maximum atomic E-state index is 11.9. The Balaban J connectivity index is 1.49. The second kappa shape index (κ2) is 8.17. The highest BCUT2D eigenvalue weighted by Gasteiger charge is 2.03. The van der Waals surface area contributed by atoms with Gasteiger partial charge in [-0.2, -0.15) is 0 Å². The molecule has 3 rings (SSSR count). The number of pyridine rings is 1. The van der Waals surface area contributed by atoms with Crippen molar-refractivity contribution in [3.05, 3.63) is 83.6 Å². The first-order chi connectivity index (χ1) is 12.2. The summed E-state index contributed by atoms with van der Waals surface area (Å²) in [7, 11) is 0. The van der Waals surface area contributed by atoms with Gasteiger partial charge in [-0.05, 0) is 54.1 Å². The molecule has 0 fully saturated rings. The van der Waals surface area contributed by atoms with Gasteiger partial charge in [0, 0.05) is 29.6 Å². The van der Waals surface area contributed by atoms with Gasteiger partial charge in [0.25, 0.3) is 0 Å². The minimum atomic E-state index is -0.278. The van der Waals surface area contributed by atoms with Gasteiger partial charge >= 0.3 is 6.03 Å². The third-order valence-electron chi connectivity index (χ3n) is 3.36. The number of amides is 2. The number of hydrogen-bond donors (Lipinski definition) is 2. The van der Waals surface area contributed by atoms with Crippen LogP contribution in [-0.4, -0.2) is 11.0 Å². The van der Waals surface area contributed by atoms with Gasteiger partial charge in [-0.1, -0.05) is 23.7 Å². The monoisotopic (exact) mass is 353 g/mol. The second-order valence-corrected chi connectivity index (χ2v) is 5.68. The van der Waals surface area contributed by atoms with Crippen LogP contribution in [0.25, 0.3) is 0 Å². The number of aromatic nitrogens is 1. The minimum absolute atomic E-state index is 0.278. The van der Waals surface area contributed by atoms with Crippen LogP contribution in [-0.2, 0) is 6.54 Å². The number of rotatable bonds is 5.